The third kappa shape index (κ3) is 5.87. The van der Waals surface area contributed by atoms with Gasteiger partial charge in [0.25, 0.3) is 0 Å². The van der Waals surface area contributed by atoms with Crippen molar-refractivity contribution in [1.29, 1.82) is 5.26 Å². The van der Waals surface area contributed by atoms with Crippen LogP contribution in [-0.4, -0.2) is 22.1 Å². The lowest BCUT2D eigenvalue weighted by Crippen LogP contribution is -2.28. The molecule has 2 N–H and O–H groups in total. The molecule has 0 radical (unpaired) electrons. The number of hydrogen-bond acceptors (Lipinski definition) is 4. The van der Waals surface area contributed by atoms with Crippen LogP contribution in [0.2, 0.25) is 0 Å². The third-order valence-electron chi connectivity index (χ3n) is 2.53. The molecule has 0 aliphatic carbocycles. The first kappa shape index (κ1) is 15.0. The number of carbonyl (C=O) groups is 1. The van der Waals surface area contributed by atoms with Gasteiger partial charge in [0.2, 0.25) is 0 Å². The molecule has 0 aromatic carbocycles. The van der Waals surface area contributed by atoms with Gasteiger partial charge >= 0.3 is 5.97 Å². The Labute approximate surface area is 113 Å². The van der Waals surface area contributed by atoms with E-state index in [2.05, 4.69) is 31.1 Å². The van der Waals surface area contributed by atoms with Crippen molar-refractivity contribution in [2.75, 3.05) is 5.32 Å². The lowest BCUT2D eigenvalue weighted by molar-refractivity contribution is -0.137. The fourth-order valence-electron chi connectivity index (χ4n) is 1.94. The second-order valence-electron chi connectivity index (χ2n) is 5.75. The van der Waals surface area contributed by atoms with Crippen molar-refractivity contribution in [2.45, 2.75) is 39.7 Å². The highest BCUT2D eigenvalue weighted by molar-refractivity contribution is 5.68. The minimum absolute atomic E-state index is 0.0260. The second kappa shape index (κ2) is 6.19. The molecule has 0 bridgehead atoms. The average molecular weight is 261 g/mol. The van der Waals surface area contributed by atoms with Gasteiger partial charge < -0.3 is 10.4 Å². The van der Waals surface area contributed by atoms with Crippen molar-refractivity contribution in [3.63, 3.8) is 0 Å². The van der Waals surface area contributed by atoms with Gasteiger partial charge in [-0.3, -0.25) is 4.79 Å². The van der Waals surface area contributed by atoms with E-state index < -0.39 is 5.97 Å². The van der Waals surface area contributed by atoms with Crippen LogP contribution in [-0.2, 0) is 4.79 Å². The van der Waals surface area contributed by atoms with Crippen molar-refractivity contribution in [3.8, 4) is 6.07 Å². The first-order chi connectivity index (χ1) is 8.80. The van der Waals surface area contributed by atoms with Crippen LogP contribution in [0.15, 0.2) is 18.3 Å². The molecule has 1 heterocycles. The molecule has 5 heteroatoms. The van der Waals surface area contributed by atoms with E-state index in [-0.39, 0.29) is 17.9 Å². The molecule has 0 saturated carbocycles. The van der Waals surface area contributed by atoms with Crippen LogP contribution >= 0.6 is 0 Å². The van der Waals surface area contributed by atoms with Crippen LogP contribution in [0.4, 0.5) is 5.69 Å². The van der Waals surface area contributed by atoms with Crippen molar-refractivity contribution in [1.82, 2.24) is 4.98 Å². The van der Waals surface area contributed by atoms with Gasteiger partial charge in [-0.05, 0) is 24.0 Å². The Morgan fingerprint density at radius 1 is 1.58 bits per heavy atom. The first-order valence-corrected chi connectivity index (χ1v) is 6.14. The van der Waals surface area contributed by atoms with Crippen LogP contribution in [0.25, 0.3) is 0 Å². The molecule has 1 aromatic heterocycles. The summed E-state index contributed by atoms with van der Waals surface area (Å²) in [7, 11) is 0. The number of pyridine rings is 1. The minimum atomic E-state index is -0.837. The Morgan fingerprint density at radius 3 is 2.79 bits per heavy atom. The van der Waals surface area contributed by atoms with Crippen molar-refractivity contribution in [3.05, 3.63) is 24.0 Å². The van der Waals surface area contributed by atoms with Gasteiger partial charge in [-0.2, -0.15) is 5.26 Å². The predicted molar refractivity (Wildman–Crippen MR) is 72.7 cm³/mol. The molecular weight excluding hydrogens is 242 g/mol. The van der Waals surface area contributed by atoms with E-state index in [1.54, 1.807) is 12.1 Å². The first-order valence-electron chi connectivity index (χ1n) is 6.14. The number of aliphatic carboxylic acids is 1. The summed E-state index contributed by atoms with van der Waals surface area (Å²) in [6.07, 6.45) is 2.31. The van der Waals surface area contributed by atoms with Gasteiger partial charge in [0.05, 0.1) is 6.42 Å². The second-order valence-corrected chi connectivity index (χ2v) is 5.75. The van der Waals surface area contributed by atoms with Crippen molar-refractivity contribution >= 4 is 11.7 Å². The summed E-state index contributed by atoms with van der Waals surface area (Å²) in [5.74, 6) is -0.837. The van der Waals surface area contributed by atoms with E-state index >= 15 is 0 Å². The van der Waals surface area contributed by atoms with E-state index in [4.69, 9.17) is 10.4 Å². The van der Waals surface area contributed by atoms with Gasteiger partial charge in [0, 0.05) is 17.9 Å². The fourth-order valence-corrected chi connectivity index (χ4v) is 1.94. The smallest absolute Gasteiger partial charge is 0.305 e. The Kier molecular flexibility index (Phi) is 4.87. The van der Waals surface area contributed by atoms with Crippen molar-refractivity contribution < 1.29 is 9.90 Å². The molecule has 19 heavy (non-hydrogen) atoms. The molecule has 1 unspecified atom stereocenters. The fraction of sp³-hybridized carbons (Fsp3) is 0.500. The van der Waals surface area contributed by atoms with Gasteiger partial charge in [0.15, 0.2) is 0 Å². The molecule has 0 fully saturated rings. The van der Waals surface area contributed by atoms with Gasteiger partial charge in [-0.1, -0.05) is 20.8 Å². The largest absolute Gasteiger partial charge is 0.481 e. The number of aromatic nitrogens is 1. The van der Waals surface area contributed by atoms with E-state index in [0.717, 1.165) is 12.1 Å². The highest BCUT2D eigenvalue weighted by atomic mass is 16.4. The maximum Gasteiger partial charge on any atom is 0.305 e. The molecule has 102 valence electrons. The Morgan fingerprint density at radius 2 is 2.26 bits per heavy atom. The molecule has 5 nitrogen and oxygen atoms in total. The standard InChI is InChI=1S/C14H19N3O2/c1-14(2,3)8-11(7-13(18)19)17-10-4-5-16-12(6-10)9-15/h4-6,11H,7-8H2,1-3H3,(H,16,17)(H,18,19). The zero-order valence-corrected chi connectivity index (χ0v) is 11.5. The summed E-state index contributed by atoms with van der Waals surface area (Å²) in [6.45, 7) is 6.20. The number of nitriles is 1. The number of carboxylic acids is 1. The molecular formula is C14H19N3O2. The van der Waals surface area contributed by atoms with Crippen LogP contribution < -0.4 is 5.32 Å². The maximum absolute atomic E-state index is 10.9. The molecule has 0 saturated heterocycles. The number of rotatable bonds is 5. The molecule has 0 aliphatic rings. The summed E-state index contributed by atoms with van der Waals surface area (Å²) in [5, 5.41) is 20.9. The summed E-state index contributed by atoms with van der Waals surface area (Å²) >= 11 is 0. The quantitative estimate of drug-likeness (QED) is 0.851. The maximum atomic E-state index is 10.9. The summed E-state index contributed by atoms with van der Waals surface area (Å²) in [4.78, 5) is 14.8. The van der Waals surface area contributed by atoms with Crippen LogP contribution in [0.1, 0.15) is 39.3 Å². The Hall–Kier alpha value is -2.09. The molecule has 1 rings (SSSR count). The van der Waals surface area contributed by atoms with E-state index in [0.29, 0.717) is 5.69 Å². The van der Waals surface area contributed by atoms with Crippen molar-refractivity contribution in [2.24, 2.45) is 5.41 Å². The minimum Gasteiger partial charge on any atom is -0.481 e. The summed E-state index contributed by atoms with van der Waals surface area (Å²) < 4.78 is 0. The van der Waals surface area contributed by atoms with Gasteiger partial charge in [-0.15, -0.1) is 0 Å². The van der Waals surface area contributed by atoms with E-state index in [9.17, 15) is 4.79 Å². The number of nitrogens with one attached hydrogen (secondary N) is 1. The summed E-state index contributed by atoms with van der Waals surface area (Å²) in [6, 6.07) is 5.14. The van der Waals surface area contributed by atoms with Crippen LogP contribution in [0.3, 0.4) is 0 Å². The highest BCUT2D eigenvalue weighted by Crippen LogP contribution is 2.24. The molecule has 0 aliphatic heterocycles. The van der Waals surface area contributed by atoms with Gasteiger partial charge in [-0.25, -0.2) is 4.98 Å². The van der Waals surface area contributed by atoms with Crippen LogP contribution in [0.5, 0.6) is 0 Å². The topological polar surface area (TPSA) is 86.0 Å². The number of carboxylic acid groups (broad SMARTS) is 1. The third-order valence-corrected chi connectivity index (χ3v) is 2.53. The van der Waals surface area contributed by atoms with E-state index in [1.807, 2.05) is 6.07 Å². The number of anilines is 1. The van der Waals surface area contributed by atoms with Crippen LogP contribution in [0, 0.1) is 16.7 Å². The average Bonchev–Trinajstić information content (AvgIpc) is 2.26. The van der Waals surface area contributed by atoms with E-state index in [1.165, 1.54) is 6.20 Å². The monoisotopic (exact) mass is 261 g/mol. The normalized spacial score (nSPS) is 12.5. The highest BCUT2D eigenvalue weighted by Gasteiger charge is 2.21. The Balaban J connectivity index is 2.81. The molecule has 1 aromatic rings. The lowest BCUT2D eigenvalue weighted by atomic mass is 9.87. The molecule has 0 amide bonds. The molecule has 0 spiro atoms. The zero-order valence-electron chi connectivity index (χ0n) is 11.5. The zero-order chi connectivity index (χ0) is 14.5. The lowest BCUT2D eigenvalue weighted by Gasteiger charge is -2.26. The number of hydrogen-bond donors (Lipinski definition) is 2. The SMILES string of the molecule is CC(C)(C)CC(CC(=O)O)Nc1ccnc(C#N)c1. The number of nitrogens with zero attached hydrogens (tertiary/aromatic N) is 2. The Bertz CT molecular complexity index is 486. The summed E-state index contributed by atoms with van der Waals surface area (Å²) in [5.41, 5.74) is 1.06. The molecule has 1 atom stereocenters. The predicted octanol–water partition coefficient (Wildman–Crippen LogP) is 2.64. The van der Waals surface area contributed by atoms with Gasteiger partial charge in [0.1, 0.15) is 11.8 Å².